The van der Waals surface area contributed by atoms with E-state index < -0.39 is 6.10 Å². The summed E-state index contributed by atoms with van der Waals surface area (Å²) in [5.74, 6) is -0.0699. The van der Waals surface area contributed by atoms with Gasteiger partial charge in [-0.15, -0.1) is 0 Å². The van der Waals surface area contributed by atoms with Gasteiger partial charge in [0.05, 0.1) is 18.0 Å². The van der Waals surface area contributed by atoms with Crippen LogP contribution in [0, 0.1) is 0 Å². The van der Waals surface area contributed by atoms with Crippen LogP contribution in [0.25, 0.3) is 0 Å². The van der Waals surface area contributed by atoms with Gasteiger partial charge in [0.2, 0.25) is 0 Å². The third kappa shape index (κ3) is 3.42. The molecular weight excluding hydrogens is 278 g/mol. The average molecular weight is 303 g/mol. The molecule has 0 aromatic heterocycles. The molecule has 1 heterocycles. The second-order valence-corrected chi connectivity index (χ2v) is 6.12. The normalized spacial score (nSPS) is 22.5. The summed E-state index contributed by atoms with van der Waals surface area (Å²) in [6.45, 7) is 1.97. The van der Waals surface area contributed by atoms with Crippen LogP contribution in [0.3, 0.4) is 0 Å². The highest BCUT2D eigenvalue weighted by molar-refractivity contribution is 5.97. The monoisotopic (exact) mass is 303 g/mol. The van der Waals surface area contributed by atoms with Crippen molar-refractivity contribution in [1.82, 2.24) is 5.32 Å². The standard InChI is InChI=1S/C17H25N3O2/c1-20(13-6-2-3-7-13)15-9-5-4-8-14(15)19-17(21)16-12-18-10-11-22-16/h4-5,8-9,13,16,18H,2-3,6-7,10-12H2,1H3,(H,19,21). The first-order valence-corrected chi connectivity index (χ1v) is 8.21. The van der Waals surface area contributed by atoms with Crippen molar-refractivity contribution in [2.24, 2.45) is 0 Å². The van der Waals surface area contributed by atoms with Crippen LogP contribution in [0.5, 0.6) is 0 Å². The number of amides is 1. The van der Waals surface area contributed by atoms with Gasteiger partial charge in [-0.2, -0.15) is 0 Å². The molecule has 1 saturated heterocycles. The molecule has 1 aromatic carbocycles. The summed E-state index contributed by atoms with van der Waals surface area (Å²) < 4.78 is 5.52. The molecule has 0 radical (unpaired) electrons. The first-order valence-electron chi connectivity index (χ1n) is 8.21. The minimum atomic E-state index is -0.404. The van der Waals surface area contributed by atoms with Crippen molar-refractivity contribution in [3.63, 3.8) is 0 Å². The lowest BCUT2D eigenvalue weighted by atomic mass is 10.1. The Kier molecular flexibility index (Phi) is 4.95. The topological polar surface area (TPSA) is 53.6 Å². The van der Waals surface area contributed by atoms with Crippen LogP contribution in [0.15, 0.2) is 24.3 Å². The van der Waals surface area contributed by atoms with Gasteiger partial charge in [-0.3, -0.25) is 4.79 Å². The van der Waals surface area contributed by atoms with Gasteiger partial charge in [0.25, 0.3) is 5.91 Å². The SMILES string of the molecule is CN(c1ccccc1NC(=O)C1CNCCO1)C1CCCC1. The number of ether oxygens (including phenoxy) is 1. The lowest BCUT2D eigenvalue weighted by Crippen LogP contribution is -2.45. The summed E-state index contributed by atoms with van der Waals surface area (Å²) in [5, 5.41) is 6.23. The fraction of sp³-hybridized carbons (Fsp3) is 0.588. The van der Waals surface area contributed by atoms with E-state index >= 15 is 0 Å². The number of nitrogens with zero attached hydrogens (tertiary/aromatic N) is 1. The first kappa shape index (κ1) is 15.3. The molecule has 2 aliphatic rings. The Morgan fingerprint density at radius 1 is 1.32 bits per heavy atom. The maximum Gasteiger partial charge on any atom is 0.254 e. The number of hydrogen-bond acceptors (Lipinski definition) is 4. The summed E-state index contributed by atoms with van der Waals surface area (Å²) in [4.78, 5) is 14.7. The van der Waals surface area contributed by atoms with Gasteiger partial charge >= 0.3 is 0 Å². The molecule has 1 atom stereocenters. The zero-order valence-corrected chi connectivity index (χ0v) is 13.2. The van der Waals surface area contributed by atoms with E-state index in [2.05, 4.69) is 28.6 Å². The molecule has 3 rings (SSSR count). The van der Waals surface area contributed by atoms with Gasteiger partial charge in [0.15, 0.2) is 0 Å². The molecule has 1 amide bonds. The van der Waals surface area contributed by atoms with Crippen molar-refractivity contribution in [1.29, 1.82) is 0 Å². The van der Waals surface area contributed by atoms with E-state index in [1.807, 2.05) is 18.2 Å². The number of para-hydroxylation sites is 2. The highest BCUT2D eigenvalue weighted by Crippen LogP contribution is 2.31. The van der Waals surface area contributed by atoms with E-state index in [1.54, 1.807) is 0 Å². The van der Waals surface area contributed by atoms with Crippen molar-refractivity contribution in [3.05, 3.63) is 24.3 Å². The van der Waals surface area contributed by atoms with Crippen LogP contribution in [0.2, 0.25) is 0 Å². The van der Waals surface area contributed by atoms with Crippen LogP contribution >= 0.6 is 0 Å². The van der Waals surface area contributed by atoms with Crippen molar-refractivity contribution >= 4 is 17.3 Å². The van der Waals surface area contributed by atoms with Crippen LogP contribution in [0.4, 0.5) is 11.4 Å². The van der Waals surface area contributed by atoms with Crippen LogP contribution in [-0.2, 0) is 9.53 Å². The Bertz CT molecular complexity index is 508. The van der Waals surface area contributed by atoms with Gasteiger partial charge in [-0.1, -0.05) is 25.0 Å². The molecule has 0 bridgehead atoms. The molecule has 120 valence electrons. The zero-order valence-electron chi connectivity index (χ0n) is 13.2. The highest BCUT2D eigenvalue weighted by atomic mass is 16.5. The Morgan fingerprint density at radius 2 is 2.09 bits per heavy atom. The molecular formula is C17H25N3O2. The number of rotatable bonds is 4. The first-order chi connectivity index (χ1) is 10.8. The van der Waals surface area contributed by atoms with E-state index in [0.717, 1.165) is 17.9 Å². The summed E-state index contributed by atoms with van der Waals surface area (Å²) in [6.07, 6.45) is 4.65. The molecule has 2 N–H and O–H groups in total. The highest BCUT2D eigenvalue weighted by Gasteiger charge is 2.25. The fourth-order valence-electron chi connectivity index (χ4n) is 3.32. The zero-order chi connectivity index (χ0) is 15.4. The van der Waals surface area contributed by atoms with E-state index in [9.17, 15) is 4.79 Å². The number of carbonyl (C=O) groups excluding carboxylic acids is 1. The van der Waals surface area contributed by atoms with Crippen molar-refractivity contribution in [3.8, 4) is 0 Å². The van der Waals surface area contributed by atoms with E-state index in [4.69, 9.17) is 4.74 Å². The van der Waals surface area contributed by atoms with Crippen LogP contribution in [0.1, 0.15) is 25.7 Å². The van der Waals surface area contributed by atoms with Crippen molar-refractivity contribution in [2.45, 2.75) is 37.8 Å². The smallest absolute Gasteiger partial charge is 0.254 e. The Hall–Kier alpha value is -1.59. The van der Waals surface area contributed by atoms with Crippen LogP contribution in [-0.4, -0.2) is 44.8 Å². The fourth-order valence-corrected chi connectivity index (χ4v) is 3.32. The second kappa shape index (κ2) is 7.11. The molecule has 1 aliphatic heterocycles. The number of benzene rings is 1. The van der Waals surface area contributed by atoms with Gasteiger partial charge in [0, 0.05) is 26.2 Å². The Morgan fingerprint density at radius 3 is 2.82 bits per heavy atom. The lowest BCUT2D eigenvalue weighted by Gasteiger charge is -2.29. The Labute approximate surface area is 132 Å². The average Bonchev–Trinajstić information content (AvgIpc) is 3.10. The molecule has 1 unspecified atom stereocenters. The number of hydrogen-bond donors (Lipinski definition) is 2. The Balaban J connectivity index is 1.71. The summed E-state index contributed by atoms with van der Waals surface area (Å²) in [7, 11) is 2.12. The van der Waals surface area contributed by atoms with Crippen molar-refractivity contribution in [2.75, 3.05) is 37.0 Å². The van der Waals surface area contributed by atoms with Gasteiger partial charge in [-0.05, 0) is 25.0 Å². The number of nitrogens with one attached hydrogen (secondary N) is 2. The number of carbonyl (C=O) groups is 1. The third-order valence-electron chi connectivity index (χ3n) is 4.63. The molecule has 1 saturated carbocycles. The maximum absolute atomic E-state index is 12.4. The maximum atomic E-state index is 12.4. The summed E-state index contributed by atoms with van der Waals surface area (Å²) >= 11 is 0. The van der Waals surface area contributed by atoms with Crippen LogP contribution < -0.4 is 15.5 Å². The molecule has 5 heteroatoms. The van der Waals surface area contributed by atoms with E-state index in [-0.39, 0.29) is 5.91 Å². The largest absolute Gasteiger partial charge is 0.370 e. The van der Waals surface area contributed by atoms with E-state index in [0.29, 0.717) is 19.2 Å². The van der Waals surface area contributed by atoms with Gasteiger partial charge in [-0.25, -0.2) is 0 Å². The van der Waals surface area contributed by atoms with Gasteiger partial charge < -0.3 is 20.3 Å². The quantitative estimate of drug-likeness (QED) is 0.893. The number of anilines is 2. The molecule has 1 aliphatic carbocycles. The summed E-state index contributed by atoms with van der Waals surface area (Å²) in [6, 6.07) is 8.60. The van der Waals surface area contributed by atoms with Gasteiger partial charge in [0.1, 0.15) is 6.10 Å². The minimum absolute atomic E-state index is 0.0699. The molecule has 0 spiro atoms. The van der Waals surface area contributed by atoms with E-state index in [1.165, 1.54) is 25.7 Å². The molecule has 2 fully saturated rings. The lowest BCUT2D eigenvalue weighted by molar-refractivity contribution is -0.128. The minimum Gasteiger partial charge on any atom is -0.370 e. The second-order valence-electron chi connectivity index (χ2n) is 6.12. The van der Waals surface area contributed by atoms with Crippen molar-refractivity contribution < 1.29 is 9.53 Å². The molecule has 22 heavy (non-hydrogen) atoms. The third-order valence-corrected chi connectivity index (χ3v) is 4.63. The summed E-state index contributed by atoms with van der Waals surface area (Å²) in [5.41, 5.74) is 1.96. The number of morpholine rings is 1. The molecule has 1 aromatic rings. The predicted octanol–water partition coefficient (Wildman–Crippen LogP) is 1.99. The molecule has 5 nitrogen and oxygen atoms in total. The predicted molar refractivity (Wildman–Crippen MR) is 88.3 cm³/mol.